The highest BCUT2D eigenvalue weighted by Gasteiger charge is 2.09. The van der Waals surface area contributed by atoms with Gasteiger partial charge >= 0.3 is 0 Å². The van der Waals surface area contributed by atoms with Crippen LogP contribution in [-0.2, 0) is 0 Å². The van der Waals surface area contributed by atoms with Crippen molar-refractivity contribution in [2.24, 2.45) is 0 Å². The van der Waals surface area contributed by atoms with Crippen LogP contribution >= 0.6 is 0 Å². The minimum absolute atomic E-state index is 0.660. The molecule has 0 radical (unpaired) electrons. The largest absolute Gasteiger partial charge is 0.399 e. The van der Waals surface area contributed by atoms with Crippen molar-refractivity contribution in [3.05, 3.63) is 48.8 Å². The molecule has 4 N–H and O–H groups in total. The third-order valence-electron chi connectivity index (χ3n) is 2.88. The molecule has 1 aromatic heterocycles. The van der Waals surface area contributed by atoms with Crippen LogP contribution < -0.4 is 11.5 Å². The van der Waals surface area contributed by atoms with Crippen LogP contribution in [0.2, 0.25) is 0 Å². The summed E-state index contributed by atoms with van der Waals surface area (Å²) in [6.45, 7) is 0. The summed E-state index contributed by atoms with van der Waals surface area (Å²) in [7, 11) is 0. The third kappa shape index (κ3) is 1.64. The maximum atomic E-state index is 6.00. The van der Waals surface area contributed by atoms with Crippen molar-refractivity contribution in [1.29, 1.82) is 0 Å². The predicted molar refractivity (Wildman–Crippen MR) is 73.8 cm³/mol. The highest BCUT2D eigenvalue weighted by Crippen LogP contribution is 2.30. The van der Waals surface area contributed by atoms with E-state index in [1.807, 2.05) is 30.3 Å². The molecule has 88 valence electrons. The Labute approximate surface area is 104 Å². The molecule has 18 heavy (non-hydrogen) atoms. The second-order valence-electron chi connectivity index (χ2n) is 4.09. The molecule has 0 aliphatic carbocycles. The molecule has 3 aromatic rings. The highest BCUT2D eigenvalue weighted by molar-refractivity contribution is 5.95. The van der Waals surface area contributed by atoms with Gasteiger partial charge in [-0.15, -0.1) is 0 Å². The Morgan fingerprint density at radius 1 is 0.889 bits per heavy atom. The van der Waals surface area contributed by atoms with E-state index < -0.39 is 0 Å². The SMILES string of the molecule is Nc1ccc(N)c(-c2ncnc3ccccc23)c1. The minimum atomic E-state index is 0.660. The molecule has 0 aliphatic rings. The summed E-state index contributed by atoms with van der Waals surface area (Å²) < 4.78 is 0. The lowest BCUT2D eigenvalue weighted by atomic mass is 10.0. The van der Waals surface area contributed by atoms with Crippen LogP contribution in [0, 0.1) is 0 Å². The second-order valence-corrected chi connectivity index (χ2v) is 4.09. The molecular weight excluding hydrogens is 224 g/mol. The van der Waals surface area contributed by atoms with E-state index in [0.29, 0.717) is 11.4 Å². The molecular formula is C14H12N4. The number of fused-ring (bicyclic) bond motifs is 1. The van der Waals surface area contributed by atoms with Gasteiger partial charge in [-0.3, -0.25) is 0 Å². The Balaban J connectivity index is 2.35. The van der Waals surface area contributed by atoms with Gasteiger partial charge in [0.05, 0.1) is 11.2 Å². The van der Waals surface area contributed by atoms with E-state index in [-0.39, 0.29) is 0 Å². The van der Waals surface area contributed by atoms with Crippen LogP contribution in [0.3, 0.4) is 0 Å². The van der Waals surface area contributed by atoms with E-state index in [4.69, 9.17) is 11.5 Å². The fraction of sp³-hybridized carbons (Fsp3) is 0. The number of nitrogens with zero attached hydrogens (tertiary/aromatic N) is 2. The summed E-state index contributed by atoms with van der Waals surface area (Å²) in [5.74, 6) is 0. The maximum Gasteiger partial charge on any atom is 0.116 e. The van der Waals surface area contributed by atoms with Gasteiger partial charge < -0.3 is 11.5 Å². The average molecular weight is 236 g/mol. The Hall–Kier alpha value is -2.62. The lowest BCUT2D eigenvalue weighted by Gasteiger charge is -2.08. The third-order valence-corrected chi connectivity index (χ3v) is 2.88. The monoisotopic (exact) mass is 236 g/mol. The molecule has 4 heteroatoms. The van der Waals surface area contributed by atoms with Gasteiger partial charge in [0.2, 0.25) is 0 Å². The molecule has 0 atom stereocenters. The fourth-order valence-electron chi connectivity index (χ4n) is 2.00. The van der Waals surface area contributed by atoms with E-state index in [2.05, 4.69) is 9.97 Å². The second kappa shape index (κ2) is 4.00. The number of hydrogen-bond acceptors (Lipinski definition) is 4. The van der Waals surface area contributed by atoms with Crippen molar-refractivity contribution in [3.8, 4) is 11.3 Å². The van der Waals surface area contributed by atoms with Crippen LogP contribution in [-0.4, -0.2) is 9.97 Å². The molecule has 0 fully saturated rings. The molecule has 0 unspecified atom stereocenters. The zero-order valence-electron chi connectivity index (χ0n) is 9.67. The van der Waals surface area contributed by atoms with E-state index in [1.165, 1.54) is 0 Å². The number of aromatic nitrogens is 2. The van der Waals surface area contributed by atoms with Crippen molar-refractivity contribution in [2.75, 3.05) is 11.5 Å². The molecule has 2 aromatic carbocycles. The molecule has 0 saturated carbocycles. The Kier molecular flexibility index (Phi) is 2.34. The summed E-state index contributed by atoms with van der Waals surface area (Å²) in [6.07, 6.45) is 1.54. The normalized spacial score (nSPS) is 10.7. The van der Waals surface area contributed by atoms with Crippen LogP contribution in [0.15, 0.2) is 48.8 Å². The lowest BCUT2D eigenvalue weighted by molar-refractivity contribution is 1.22. The Morgan fingerprint density at radius 3 is 2.61 bits per heavy atom. The van der Waals surface area contributed by atoms with Gasteiger partial charge in [0, 0.05) is 22.3 Å². The van der Waals surface area contributed by atoms with Crippen LogP contribution in [0.25, 0.3) is 22.2 Å². The fourth-order valence-corrected chi connectivity index (χ4v) is 2.00. The zero-order chi connectivity index (χ0) is 12.5. The quantitative estimate of drug-likeness (QED) is 0.636. The number of para-hydroxylation sites is 1. The van der Waals surface area contributed by atoms with Crippen molar-refractivity contribution >= 4 is 22.3 Å². The van der Waals surface area contributed by atoms with Gasteiger partial charge in [0.1, 0.15) is 6.33 Å². The molecule has 0 bridgehead atoms. The Morgan fingerprint density at radius 2 is 1.72 bits per heavy atom. The predicted octanol–water partition coefficient (Wildman–Crippen LogP) is 2.46. The van der Waals surface area contributed by atoms with Gasteiger partial charge in [-0.05, 0) is 24.3 Å². The summed E-state index contributed by atoms with van der Waals surface area (Å²) in [4.78, 5) is 8.57. The first kappa shape index (κ1) is 10.5. The molecule has 0 saturated heterocycles. The summed E-state index contributed by atoms with van der Waals surface area (Å²) in [5.41, 5.74) is 15.7. The minimum Gasteiger partial charge on any atom is -0.399 e. The first-order valence-corrected chi connectivity index (χ1v) is 5.61. The molecule has 4 nitrogen and oxygen atoms in total. The first-order valence-electron chi connectivity index (χ1n) is 5.61. The van der Waals surface area contributed by atoms with E-state index in [1.54, 1.807) is 18.5 Å². The first-order chi connectivity index (χ1) is 8.75. The van der Waals surface area contributed by atoms with Crippen molar-refractivity contribution < 1.29 is 0 Å². The number of nitrogen functional groups attached to an aromatic ring is 2. The maximum absolute atomic E-state index is 6.00. The number of benzene rings is 2. The number of rotatable bonds is 1. The zero-order valence-corrected chi connectivity index (χ0v) is 9.67. The summed E-state index contributed by atoms with van der Waals surface area (Å²) in [5, 5.41) is 0.970. The van der Waals surface area contributed by atoms with Crippen molar-refractivity contribution in [3.63, 3.8) is 0 Å². The molecule has 0 spiro atoms. The summed E-state index contributed by atoms with van der Waals surface area (Å²) in [6, 6.07) is 13.2. The van der Waals surface area contributed by atoms with Gasteiger partial charge in [0.25, 0.3) is 0 Å². The molecule has 0 amide bonds. The Bertz CT molecular complexity index is 717. The number of nitrogens with two attached hydrogens (primary N) is 2. The van der Waals surface area contributed by atoms with Crippen molar-refractivity contribution in [1.82, 2.24) is 9.97 Å². The van der Waals surface area contributed by atoms with Gasteiger partial charge in [-0.1, -0.05) is 18.2 Å². The summed E-state index contributed by atoms with van der Waals surface area (Å²) >= 11 is 0. The van der Waals surface area contributed by atoms with Crippen LogP contribution in [0.4, 0.5) is 11.4 Å². The van der Waals surface area contributed by atoms with E-state index in [0.717, 1.165) is 22.2 Å². The molecule has 3 rings (SSSR count). The highest BCUT2D eigenvalue weighted by atomic mass is 14.8. The number of anilines is 2. The van der Waals surface area contributed by atoms with Crippen molar-refractivity contribution in [2.45, 2.75) is 0 Å². The standard InChI is InChI=1S/C14H12N4/c15-9-5-6-12(16)11(7-9)14-10-3-1-2-4-13(10)17-8-18-14/h1-8H,15-16H2. The number of hydrogen-bond donors (Lipinski definition) is 2. The lowest BCUT2D eigenvalue weighted by Crippen LogP contribution is -1.96. The smallest absolute Gasteiger partial charge is 0.116 e. The topological polar surface area (TPSA) is 77.8 Å². The molecule has 0 aliphatic heterocycles. The van der Waals surface area contributed by atoms with Crippen LogP contribution in [0.5, 0.6) is 0 Å². The van der Waals surface area contributed by atoms with E-state index >= 15 is 0 Å². The van der Waals surface area contributed by atoms with Gasteiger partial charge in [-0.25, -0.2) is 9.97 Å². The van der Waals surface area contributed by atoms with E-state index in [9.17, 15) is 0 Å². The molecule has 1 heterocycles. The average Bonchev–Trinajstić information content (AvgIpc) is 2.41. The van der Waals surface area contributed by atoms with Crippen LogP contribution in [0.1, 0.15) is 0 Å². The van der Waals surface area contributed by atoms with Gasteiger partial charge in [0.15, 0.2) is 0 Å². The van der Waals surface area contributed by atoms with Gasteiger partial charge in [-0.2, -0.15) is 0 Å².